The highest BCUT2D eigenvalue weighted by Crippen LogP contribution is 2.72. The fourth-order valence-electron chi connectivity index (χ4n) is 9.78. The summed E-state index contributed by atoms with van der Waals surface area (Å²) in [4.78, 5) is 23.4. The number of fused-ring (bicyclic) bond motifs is 4. The number of aliphatic hydroxyl groups is 1. The zero-order valence-electron chi connectivity index (χ0n) is 24.4. The van der Waals surface area contributed by atoms with Gasteiger partial charge in [0.1, 0.15) is 6.10 Å². The maximum absolute atomic E-state index is 12.0. The highest BCUT2D eigenvalue weighted by atomic mass is 16.5. The first-order valence-corrected chi connectivity index (χ1v) is 14.6. The molecule has 37 heavy (non-hydrogen) atoms. The van der Waals surface area contributed by atoms with Crippen molar-refractivity contribution in [3.63, 3.8) is 0 Å². The number of allylic oxidation sites excluding steroid dienone is 2. The number of ether oxygens (including phenoxy) is 1. The van der Waals surface area contributed by atoms with Crippen LogP contribution in [0.5, 0.6) is 0 Å². The lowest BCUT2D eigenvalue weighted by atomic mass is 9.43. The van der Waals surface area contributed by atoms with Gasteiger partial charge in [0.2, 0.25) is 0 Å². The Labute approximate surface area is 224 Å². The van der Waals surface area contributed by atoms with Crippen molar-refractivity contribution in [3.05, 3.63) is 22.8 Å². The van der Waals surface area contributed by atoms with Gasteiger partial charge >= 0.3 is 11.9 Å². The van der Waals surface area contributed by atoms with Crippen LogP contribution in [0.3, 0.4) is 0 Å². The van der Waals surface area contributed by atoms with Gasteiger partial charge in [0.25, 0.3) is 0 Å². The van der Waals surface area contributed by atoms with E-state index in [0.717, 1.165) is 51.4 Å². The van der Waals surface area contributed by atoms with Gasteiger partial charge in [-0.3, -0.25) is 4.79 Å². The van der Waals surface area contributed by atoms with Gasteiger partial charge in [0.15, 0.2) is 0 Å². The Balaban J connectivity index is 1.66. The second-order valence-corrected chi connectivity index (χ2v) is 14.2. The van der Waals surface area contributed by atoms with Gasteiger partial charge in [-0.25, -0.2) is 4.79 Å². The summed E-state index contributed by atoms with van der Waals surface area (Å²) >= 11 is 0. The van der Waals surface area contributed by atoms with Crippen molar-refractivity contribution in [1.82, 2.24) is 0 Å². The van der Waals surface area contributed by atoms with Crippen LogP contribution in [0.25, 0.3) is 0 Å². The van der Waals surface area contributed by atoms with Gasteiger partial charge in [-0.15, -0.1) is 0 Å². The number of carbonyl (C=O) groups is 2. The molecule has 0 bridgehead atoms. The molecule has 4 rings (SSSR count). The molecule has 0 spiro atoms. The van der Waals surface area contributed by atoms with Crippen LogP contribution < -0.4 is 0 Å². The highest BCUT2D eigenvalue weighted by molar-refractivity contribution is 5.85. The van der Waals surface area contributed by atoms with Crippen molar-refractivity contribution < 1.29 is 24.5 Å². The van der Waals surface area contributed by atoms with Crippen molar-refractivity contribution >= 4 is 11.9 Å². The molecule has 0 aliphatic heterocycles. The minimum absolute atomic E-state index is 0.0568. The highest BCUT2D eigenvalue weighted by Gasteiger charge is 2.63. The summed E-state index contributed by atoms with van der Waals surface area (Å²) in [6.07, 6.45) is 10.4. The molecule has 2 N–H and O–H groups in total. The molecule has 2 saturated carbocycles. The van der Waals surface area contributed by atoms with Crippen LogP contribution in [0.1, 0.15) is 113 Å². The summed E-state index contributed by atoms with van der Waals surface area (Å²) in [5.74, 6) is -0.157. The molecule has 5 nitrogen and oxygen atoms in total. The Morgan fingerprint density at radius 3 is 2.30 bits per heavy atom. The first-order valence-electron chi connectivity index (χ1n) is 14.6. The van der Waals surface area contributed by atoms with E-state index >= 15 is 0 Å². The molecule has 2 fully saturated rings. The van der Waals surface area contributed by atoms with Crippen molar-refractivity contribution in [2.75, 3.05) is 0 Å². The number of carbonyl (C=O) groups excluding carboxylic acids is 1. The first kappa shape index (κ1) is 28.4. The number of carboxylic acid groups (broad SMARTS) is 1. The number of rotatable bonds is 6. The largest absolute Gasteiger partial charge is 0.478 e. The number of aliphatic hydroxyl groups excluding tert-OH is 1. The number of esters is 1. The van der Waals surface area contributed by atoms with Gasteiger partial charge in [0, 0.05) is 18.9 Å². The van der Waals surface area contributed by atoms with E-state index in [1.807, 2.05) is 0 Å². The fraction of sp³-hybridized carbons (Fsp3) is 0.812. The molecule has 4 aliphatic rings. The molecule has 0 unspecified atom stereocenters. The molecule has 0 aromatic heterocycles. The van der Waals surface area contributed by atoms with E-state index < -0.39 is 5.97 Å². The third-order valence-corrected chi connectivity index (χ3v) is 12.3. The molecular weight excluding hydrogens is 464 g/mol. The van der Waals surface area contributed by atoms with Gasteiger partial charge in [-0.1, -0.05) is 58.8 Å². The molecule has 208 valence electrons. The monoisotopic (exact) mass is 514 g/mol. The van der Waals surface area contributed by atoms with Crippen molar-refractivity contribution in [2.24, 2.45) is 39.4 Å². The molecule has 5 heteroatoms. The van der Waals surface area contributed by atoms with Crippen molar-refractivity contribution in [2.45, 2.75) is 125 Å². The Hall–Kier alpha value is -1.62. The van der Waals surface area contributed by atoms with Crippen LogP contribution in [-0.2, 0) is 14.3 Å². The predicted molar refractivity (Wildman–Crippen MR) is 146 cm³/mol. The predicted octanol–water partition coefficient (Wildman–Crippen LogP) is 7.09. The molecule has 0 radical (unpaired) electrons. The SMILES string of the molecule is CC(=O)O[C@@H](C/C=C(\C)C(=O)O)[C@@H](C)[C@H]1CC[C@@]2(C)C3=C(CC[C@]12C)[C@@]1(C)CC[C@H](O)C(C)(C)[C@@H]1CC3. The standard InChI is InChI=1S/C32H50O5/c1-19(28(35)36)9-11-25(37-21(3)33)20(2)22-13-17-32(8)24-10-12-26-29(4,5)27(34)15-16-30(26,6)23(24)14-18-31(22,32)7/h9,20,22,25-27,34H,10-18H2,1-8H3,(H,35,36)/b19-9+/t20-,22+,25-,26-,27-,30+,31+,32-/m0/s1. The molecule has 4 aliphatic carbocycles. The summed E-state index contributed by atoms with van der Waals surface area (Å²) in [5, 5.41) is 20.2. The zero-order valence-corrected chi connectivity index (χ0v) is 24.4. The van der Waals surface area contributed by atoms with Crippen molar-refractivity contribution in [3.8, 4) is 0 Å². The van der Waals surface area contributed by atoms with E-state index in [2.05, 4.69) is 41.5 Å². The van der Waals surface area contributed by atoms with E-state index in [9.17, 15) is 19.8 Å². The fourth-order valence-corrected chi connectivity index (χ4v) is 9.78. The quantitative estimate of drug-likeness (QED) is 0.225. The number of hydrogen-bond acceptors (Lipinski definition) is 4. The third kappa shape index (κ3) is 4.32. The molecule has 0 heterocycles. The lowest BCUT2D eigenvalue weighted by Gasteiger charge is -2.62. The van der Waals surface area contributed by atoms with Gasteiger partial charge < -0.3 is 14.9 Å². The Morgan fingerprint density at radius 1 is 1.00 bits per heavy atom. The summed E-state index contributed by atoms with van der Waals surface area (Å²) in [6.45, 7) is 17.3. The molecule has 0 amide bonds. The van der Waals surface area contributed by atoms with Crippen LogP contribution in [0.2, 0.25) is 0 Å². The van der Waals surface area contributed by atoms with E-state index in [4.69, 9.17) is 4.74 Å². The van der Waals surface area contributed by atoms with E-state index in [-0.39, 0.29) is 45.8 Å². The van der Waals surface area contributed by atoms with Gasteiger partial charge in [-0.2, -0.15) is 0 Å². The first-order chi connectivity index (χ1) is 17.1. The topological polar surface area (TPSA) is 83.8 Å². The van der Waals surface area contributed by atoms with Crippen LogP contribution in [0.15, 0.2) is 22.8 Å². The van der Waals surface area contributed by atoms with Crippen LogP contribution in [0.4, 0.5) is 0 Å². The minimum Gasteiger partial charge on any atom is -0.478 e. The molecule has 0 aromatic rings. The van der Waals surface area contributed by atoms with E-state index in [1.54, 1.807) is 24.1 Å². The average molecular weight is 515 g/mol. The van der Waals surface area contributed by atoms with E-state index in [1.165, 1.54) is 6.92 Å². The average Bonchev–Trinajstić information content (AvgIpc) is 3.09. The molecule has 0 saturated heterocycles. The number of aliphatic carboxylic acids is 1. The van der Waals surface area contributed by atoms with Crippen LogP contribution in [-0.4, -0.2) is 34.4 Å². The molecule has 8 atom stereocenters. The van der Waals surface area contributed by atoms with Crippen molar-refractivity contribution in [1.29, 1.82) is 0 Å². The Kier molecular flexibility index (Phi) is 7.32. The summed E-state index contributed by atoms with van der Waals surface area (Å²) in [5.41, 5.74) is 4.05. The number of hydrogen-bond donors (Lipinski definition) is 2. The van der Waals surface area contributed by atoms with Crippen LogP contribution in [0, 0.1) is 39.4 Å². The Bertz CT molecular complexity index is 1010. The normalized spacial score (nSPS) is 40.8. The van der Waals surface area contributed by atoms with Crippen LogP contribution >= 0.6 is 0 Å². The second-order valence-electron chi connectivity index (χ2n) is 14.2. The maximum Gasteiger partial charge on any atom is 0.330 e. The smallest absolute Gasteiger partial charge is 0.330 e. The molecule has 0 aromatic carbocycles. The minimum atomic E-state index is -0.927. The van der Waals surface area contributed by atoms with E-state index in [0.29, 0.717) is 23.8 Å². The summed E-state index contributed by atoms with van der Waals surface area (Å²) in [7, 11) is 0. The summed E-state index contributed by atoms with van der Waals surface area (Å²) in [6, 6.07) is 0. The third-order valence-electron chi connectivity index (χ3n) is 12.3. The lowest BCUT2D eigenvalue weighted by Crippen LogP contribution is -2.55. The lowest BCUT2D eigenvalue weighted by molar-refractivity contribution is -0.151. The molecular formula is C32H50O5. The van der Waals surface area contributed by atoms with Gasteiger partial charge in [-0.05, 0) is 97.7 Å². The maximum atomic E-state index is 12.0. The number of carboxylic acids is 1. The Morgan fingerprint density at radius 2 is 1.68 bits per heavy atom. The van der Waals surface area contributed by atoms with Gasteiger partial charge in [0.05, 0.1) is 6.10 Å². The summed E-state index contributed by atoms with van der Waals surface area (Å²) < 4.78 is 5.83. The second kappa shape index (κ2) is 9.54. The zero-order chi connectivity index (χ0) is 27.6.